The summed E-state index contributed by atoms with van der Waals surface area (Å²) in [5, 5.41) is 8.94. The summed E-state index contributed by atoms with van der Waals surface area (Å²) in [5.41, 5.74) is 2.73. The molecule has 0 radical (unpaired) electrons. The lowest BCUT2D eigenvalue weighted by atomic mass is 10.1. The van der Waals surface area contributed by atoms with Gasteiger partial charge in [-0.25, -0.2) is 0 Å². The molecule has 2 rings (SSSR count). The summed E-state index contributed by atoms with van der Waals surface area (Å²) >= 11 is 0. The Bertz CT molecular complexity index is 434. The molecule has 0 aliphatic carbocycles. The van der Waals surface area contributed by atoms with Gasteiger partial charge in [-0.2, -0.15) is 0 Å². The van der Waals surface area contributed by atoms with Crippen molar-refractivity contribution in [1.29, 1.82) is 0 Å². The standard InChI is InChI=1S/C12H14N2O3/c15-8-9-4-3-7-14(9)12(16)10-5-1-2-6-11(10)13-17/h1-2,5-6,8-9,13,17H,3-4,7H2/t9-/m0/s1. The Morgan fingerprint density at radius 2 is 2.24 bits per heavy atom. The first kappa shape index (κ1) is 11.6. The van der Waals surface area contributed by atoms with E-state index < -0.39 is 0 Å². The average molecular weight is 234 g/mol. The van der Waals surface area contributed by atoms with E-state index in [1.54, 1.807) is 29.2 Å². The molecule has 2 N–H and O–H groups in total. The molecule has 5 nitrogen and oxygen atoms in total. The number of likely N-dealkylation sites (tertiary alicyclic amines) is 1. The maximum absolute atomic E-state index is 12.2. The highest BCUT2D eigenvalue weighted by Gasteiger charge is 2.29. The van der Waals surface area contributed by atoms with Crippen LogP contribution < -0.4 is 5.48 Å². The summed E-state index contributed by atoms with van der Waals surface area (Å²) in [4.78, 5) is 24.6. The fourth-order valence-corrected chi connectivity index (χ4v) is 2.11. The normalized spacial score (nSPS) is 19.1. The van der Waals surface area contributed by atoms with Gasteiger partial charge in [-0.3, -0.25) is 15.5 Å². The van der Waals surface area contributed by atoms with Crippen LogP contribution in [-0.4, -0.2) is 34.9 Å². The summed E-state index contributed by atoms with van der Waals surface area (Å²) in [6.07, 6.45) is 2.35. The van der Waals surface area contributed by atoms with Crippen LogP contribution in [0.25, 0.3) is 0 Å². The molecule has 1 fully saturated rings. The Labute approximate surface area is 99.0 Å². The number of para-hydroxylation sites is 1. The number of amides is 1. The van der Waals surface area contributed by atoms with Gasteiger partial charge in [-0.1, -0.05) is 12.1 Å². The average Bonchev–Trinajstić information content (AvgIpc) is 2.86. The largest absolute Gasteiger partial charge is 0.329 e. The van der Waals surface area contributed by atoms with E-state index in [1.807, 2.05) is 5.48 Å². The number of nitrogens with zero attached hydrogens (tertiary/aromatic N) is 1. The molecule has 90 valence electrons. The van der Waals surface area contributed by atoms with Crippen LogP contribution >= 0.6 is 0 Å². The van der Waals surface area contributed by atoms with Crippen molar-refractivity contribution in [2.75, 3.05) is 12.0 Å². The SMILES string of the molecule is O=C[C@@H]1CCCN1C(=O)c1ccccc1NO. The van der Waals surface area contributed by atoms with Crippen molar-refractivity contribution in [2.24, 2.45) is 0 Å². The van der Waals surface area contributed by atoms with Crippen LogP contribution in [0.1, 0.15) is 23.2 Å². The lowest BCUT2D eigenvalue weighted by molar-refractivity contribution is -0.111. The molecule has 1 heterocycles. The summed E-state index contributed by atoms with van der Waals surface area (Å²) < 4.78 is 0. The first-order chi connectivity index (χ1) is 8.27. The zero-order valence-electron chi connectivity index (χ0n) is 9.30. The van der Waals surface area contributed by atoms with Crippen LogP contribution in [0.2, 0.25) is 0 Å². The Balaban J connectivity index is 2.27. The first-order valence-electron chi connectivity index (χ1n) is 5.53. The third kappa shape index (κ3) is 2.14. The van der Waals surface area contributed by atoms with Crippen LogP contribution in [0.3, 0.4) is 0 Å². The van der Waals surface area contributed by atoms with E-state index >= 15 is 0 Å². The fourth-order valence-electron chi connectivity index (χ4n) is 2.11. The van der Waals surface area contributed by atoms with Gasteiger partial charge in [0, 0.05) is 6.54 Å². The molecule has 0 unspecified atom stereocenters. The first-order valence-corrected chi connectivity index (χ1v) is 5.53. The second kappa shape index (κ2) is 4.97. The zero-order valence-corrected chi connectivity index (χ0v) is 9.30. The van der Waals surface area contributed by atoms with Crippen LogP contribution in [0.4, 0.5) is 5.69 Å². The van der Waals surface area contributed by atoms with Crippen LogP contribution in [0.15, 0.2) is 24.3 Å². The molecule has 17 heavy (non-hydrogen) atoms. The second-order valence-electron chi connectivity index (χ2n) is 4.00. The predicted octanol–water partition coefficient (Wildman–Crippen LogP) is 1.29. The maximum atomic E-state index is 12.2. The highest BCUT2D eigenvalue weighted by atomic mass is 16.5. The van der Waals surface area contributed by atoms with Crippen LogP contribution in [0.5, 0.6) is 0 Å². The van der Waals surface area contributed by atoms with Gasteiger partial charge in [0.15, 0.2) is 0 Å². The molecule has 0 spiro atoms. The summed E-state index contributed by atoms with van der Waals surface area (Å²) in [6, 6.07) is 6.34. The van der Waals surface area contributed by atoms with Crippen molar-refractivity contribution in [3.05, 3.63) is 29.8 Å². The molecule has 0 aromatic heterocycles. The van der Waals surface area contributed by atoms with Crippen molar-refractivity contribution in [3.63, 3.8) is 0 Å². The Kier molecular flexibility index (Phi) is 3.39. The van der Waals surface area contributed by atoms with Crippen molar-refractivity contribution in [2.45, 2.75) is 18.9 Å². The van der Waals surface area contributed by atoms with Gasteiger partial charge in [0.1, 0.15) is 6.29 Å². The number of nitrogens with one attached hydrogen (secondary N) is 1. The molecule has 1 amide bonds. The lowest BCUT2D eigenvalue weighted by Crippen LogP contribution is -2.36. The molecular weight excluding hydrogens is 220 g/mol. The smallest absolute Gasteiger partial charge is 0.256 e. The highest BCUT2D eigenvalue weighted by Crippen LogP contribution is 2.22. The summed E-state index contributed by atoms with van der Waals surface area (Å²) in [5.74, 6) is -0.225. The molecule has 0 saturated carbocycles. The summed E-state index contributed by atoms with van der Waals surface area (Å²) in [7, 11) is 0. The van der Waals surface area contributed by atoms with E-state index in [2.05, 4.69) is 0 Å². The van der Waals surface area contributed by atoms with E-state index in [4.69, 9.17) is 5.21 Å². The number of anilines is 1. The fraction of sp³-hybridized carbons (Fsp3) is 0.333. The van der Waals surface area contributed by atoms with Crippen molar-refractivity contribution < 1.29 is 14.8 Å². The Morgan fingerprint density at radius 3 is 2.94 bits per heavy atom. The number of benzene rings is 1. The van der Waals surface area contributed by atoms with E-state index in [0.29, 0.717) is 24.2 Å². The Morgan fingerprint density at radius 1 is 1.47 bits per heavy atom. The van der Waals surface area contributed by atoms with Crippen molar-refractivity contribution in [3.8, 4) is 0 Å². The van der Waals surface area contributed by atoms with E-state index in [-0.39, 0.29) is 11.9 Å². The third-order valence-corrected chi connectivity index (χ3v) is 3.00. The van der Waals surface area contributed by atoms with Gasteiger partial charge in [0.05, 0.1) is 17.3 Å². The van der Waals surface area contributed by atoms with E-state index in [1.165, 1.54) is 0 Å². The summed E-state index contributed by atoms with van der Waals surface area (Å²) in [6.45, 7) is 0.585. The number of rotatable bonds is 3. The number of aldehydes is 1. The number of hydrogen-bond donors (Lipinski definition) is 2. The number of carbonyl (C=O) groups is 2. The maximum Gasteiger partial charge on any atom is 0.256 e. The lowest BCUT2D eigenvalue weighted by Gasteiger charge is -2.21. The quantitative estimate of drug-likeness (QED) is 0.610. The number of hydrogen-bond acceptors (Lipinski definition) is 4. The topological polar surface area (TPSA) is 69.6 Å². The van der Waals surface area contributed by atoms with Gasteiger partial charge in [-0.05, 0) is 25.0 Å². The molecule has 1 saturated heterocycles. The van der Waals surface area contributed by atoms with E-state index in [0.717, 1.165) is 12.7 Å². The second-order valence-corrected chi connectivity index (χ2v) is 4.00. The van der Waals surface area contributed by atoms with Crippen LogP contribution in [-0.2, 0) is 4.79 Å². The van der Waals surface area contributed by atoms with Gasteiger partial charge < -0.3 is 9.69 Å². The Hall–Kier alpha value is -1.88. The van der Waals surface area contributed by atoms with Crippen molar-refractivity contribution in [1.82, 2.24) is 4.90 Å². The van der Waals surface area contributed by atoms with Gasteiger partial charge in [-0.15, -0.1) is 0 Å². The monoisotopic (exact) mass is 234 g/mol. The molecule has 5 heteroatoms. The van der Waals surface area contributed by atoms with Gasteiger partial charge in [0.25, 0.3) is 5.91 Å². The molecule has 1 atom stereocenters. The van der Waals surface area contributed by atoms with Crippen LogP contribution in [0, 0.1) is 0 Å². The zero-order chi connectivity index (χ0) is 12.3. The minimum absolute atomic E-state index is 0.225. The number of carbonyl (C=O) groups excluding carboxylic acids is 2. The molecule has 1 aromatic rings. The van der Waals surface area contributed by atoms with Crippen molar-refractivity contribution >= 4 is 17.9 Å². The molecular formula is C12H14N2O3. The molecule has 1 aromatic carbocycles. The van der Waals surface area contributed by atoms with Gasteiger partial charge >= 0.3 is 0 Å². The van der Waals surface area contributed by atoms with Gasteiger partial charge in [0.2, 0.25) is 0 Å². The minimum Gasteiger partial charge on any atom is -0.329 e. The molecule has 1 aliphatic rings. The third-order valence-electron chi connectivity index (χ3n) is 3.00. The minimum atomic E-state index is -0.339. The predicted molar refractivity (Wildman–Crippen MR) is 62.0 cm³/mol. The molecule has 1 aliphatic heterocycles. The highest BCUT2D eigenvalue weighted by molar-refractivity contribution is 6.00. The van der Waals surface area contributed by atoms with E-state index in [9.17, 15) is 9.59 Å². The molecule has 0 bridgehead atoms.